The summed E-state index contributed by atoms with van der Waals surface area (Å²) in [6, 6.07) is 8.18. The maximum Gasteiger partial charge on any atom is 0.343 e. The summed E-state index contributed by atoms with van der Waals surface area (Å²) in [4.78, 5) is 23.2. The summed E-state index contributed by atoms with van der Waals surface area (Å²) in [7, 11) is 1.28. The van der Waals surface area contributed by atoms with Gasteiger partial charge in [0, 0.05) is 12.1 Å². The number of Topliss-reactive ketones (excluding diaryl/α,β-unsaturated/α-hetero) is 1. The summed E-state index contributed by atoms with van der Waals surface area (Å²) in [6.45, 7) is -0.210. The highest BCUT2D eigenvalue weighted by atomic mass is 16.6. The van der Waals surface area contributed by atoms with Gasteiger partial charge in [-0.15, -0.1) is 0 Å². The molecule has 3 rings (SSSR count). The lowest BCUT2D eigenvalue weighted by Gasteiger charge is -2.05. The van der Waals surface area contributed by atoms with Gasteiger partial charge in [0.25, 0.3) is 0 Å². The topological polar surface area (TPSA) is 75.0 Å². The predicted octanol–water partition coefficient (Wildman–Crippen LogP) is 2.45. The third kappa shape index (κ3) is 2.71. The number of fused-ring (bicyclic) bond motifs is 1. The van der Waals surface area contributed by atoms with Crippen molar-refractivity contribution < 1.29 is 28.2 Å². The molecule has 6 heteroatoms. The zero-order valence-electron chi connectivity index (χ0n) is 11.7. The molecule has 0 bridgehead atoms. The monoisotopic (exact) mass is 300 g/mol. The van der Waals surface area contributed by atoms with E-state index in [4.69, 9.17) is 13.9 Å². The standard InChI is InChI=1S/C16H12O6/c1-19-15(17)9-21-11-4-5-12-13(7-11)22-14(16(12)18)8-10-3-2-6-20-10/h2-8H,9H2,1H3. The Bertz CT molecular complexity index is 742. The van der Waals surface area contributed by atoms with Gasteiger partial charge in [-0.25, -0.2) is 4.79 Å². The lowest BCUT2D eigenvalue weighted by Crippen LogP contribution is -2.12. The number of ketones is 1. The fraction of sp³-hybridized carbons (Fsp3) is 0.125. The Labute approximate surface area is 125 Å². The highest BCUT2D eigenvalue weighted by molar-refractivity contribution is 6.14. The number of carbonyl (C=O) groups is 2. The molecular formula is C16H12O6. The minimum Gasteiger partial charge on any atom is -0.482 e. The van der Waals surface area contributed by atoms with Crippen molar-refractivity contribution >= 4 is 17.8 Å². The lowest BCUT2D eigenvalue weighted by molar-refractivity contribution is -0.142. The van der Waals surface area contributed by atoms with Crippen LogP contribution in [-0.4, -0.2) is 25.5 Å². The van der Waals surface area contributed by atoms with Crippen LogP contribution in [0.3, 0.4) is 0 Å². The molecule has 2 aromatic rings. The van der Waals surface area contributed by atoms with Crippen molar-refractivity contribution in [2.24, 2.45) is 0 Å². The second kappa shape index (κ2) is 5.77. The molecule has 1 aromatic heterocycles. The number of carbonyl (C=O) groups excluding carboxylic acids is 2. The summed E-state index contributed by atoms with van der Waals surface area (Å²) in [6.07, 6.45) is 3.04. The highest BCUT2D eigenvalue weighted by Crippen LogP contribution is 2.34. The second-order valence-electron chi connectivity index (χ2n) is 4.48. The first-order chi connectivity index (χ1) is 10.7. The van der Waals surface area contributed by atoms with Crippen molar-refractivity contribution in [2.45, 2.75) is 0 Å². The first-order valence-corrected chi connectivity index (χ1v) is 6.49. The number of benzene rings is 1. The van der Waals surface area contributed by atoms with Gasteiger partial charge in [-0.2, -0.15) is 0 Å². The maximum absolute atomic E-state index is 12.2. The van der Waals surface area contributed by atoms with Crippen LogP contribution in [0.1, 0.15) is 16.1 Å². The average Bonchev–Trinajstić information content (AvgIpc) is 3.14. The van der Waals surface area contributed by atoms with Gasteiger partial charge >= 0.3 is 5.97 Å². The SMILES string of the molecule is COC(=O)COc1ccc2c(c1)OC(=Cc1ccco1)C2=O. The fourth-order valence-corrected chi connectivity index (χ4v) is 1.96. The normalized spacial score (nSPS) is 14.6. The van der Waals surface area contributed by atoms with E-state index in [-0.39, 0.29) is 18.1 Å². The lowest BCUT2D eigenvalue weighted by atomic mass is 10.1. The van der Waals surface area contributed by atoms with E-state index < -0.39 is 5.97 Å². The summed E-state index contributed by atoms with van der Waals surface area (Å²) >= 11 is 0. The number of allylic oxidation sites excluding steroid dienone is 1. The molecule has 0 amide bonds. The maximum atomic E-state index is 12.2. The van der Waals surface area contributed by atoms with Crippen molar-refractivity contribution in [2.75, 3.05) is 13.7 Å². The molecule has 0 atom stereocenters. The third-order valence-electron chi connectivity index (χ3n) is 3.04. The van der Waals surface area contributed by atoms with E-state index in [9.17, 15) is 9.59 Å². The molecule has 2 heterocycles. The highest BCUT2D eigenvalue weighted by Gasteiger charge is 2.28. The fourth-order valence-electron chi connectivity index (χ4n) is 1.96. The number of hydrogen-bond donors (Lipinski definition) is 0. The van der Waals surface area contributed by atoms with Gasteiger partial charge in [-0.05, 0) is 24.3 Å². The molecule has 6 nitrogen and oxygen atoms in total. The minimum absolute atomic E-state index is 0.176. The van der Waals surface area contributed by atoms with Crippen molar-refractivity contribution in [3.05, 3.63) is 53.7 Å². The van der Waals surface area contributed by atoms with Gasteiger partial charge in [0.2, 0.25) is 5.78 Å². The quantitative estimate of drug-likeness (QED) is 0.637. The number of esters is 1. The molecule has 1 aliphatic heterocycles. The van der Waals surface area contributed by atoms with Gasteiger partial charge in [0.1, 0.15) is 17.3 Å². The average molecular weight is 300 g/mol. The number of hydrogen-bond acceptors (Lipinski definition) is 6. The number of furan rings is 1. The van der Waals surface area contributed by atoms with E-state index in [1.54, 1.807) is 30.3 Å². The van der Waals surface area contributed by atoms with Gasteiger partial charge in [-0.3, -0.25) is 4.79 Å². The van der Waals surface area contributed by atoms with Crippen LogP contribution < -0.4 is 9.47 Å². The second-order valence-corrected chi connectivity index (χ2v) is 4.48. The van der Waals surface area contributed by atoms with Crippen LogP contribution in [0.2, 0.25) is 0 Å². The number of ether oxygens (including phenoxy) is 3. The number of methoxy groups -OCH3 is 1. The van der Waals surface area contributed by atoms with E-state index in [2.05, 4.69) is 4.74 Å². The Hall–Kier alpha value is -3.02. The molecule has 0 radical (unpaired) electrons. The van der Waals surface area contributed by atoms with Crippen molar-refractivity contribution in [3.8, 4) is 11.5 Å². The van der Waals surface area contributed by atoms with E-state index >= 15 is 0 Å². The van der Waals surface area contributed by atoms with Crippen molar-refractivity contribution in [1.82, 2.24) is 0 Å². The van der Waals surface area contributed by atoms with Crippen LogP contribution in [0.15, 0.2) is 46.8 Å². The predicted molar refractivity (Wildman–Crippen MR) is 75.6 cm³/mol. The summed E-state index contributed by atoms with van der Waals surface area (Å²) in [5.74, 6) is 0.775. The summed E-state index contributed by atoms with van der Waals surface area (Å²) in [5, 5.41) is 0. The molecule has 0 unspecified atom stereocenters. The van der Waals surface area contributed by atoms with Crippen molar-refractivity contribution in [3.63, 3.8) is 0 Å². The molecule has 0 aliphatic carbocycles. The van der Waals surface area contributed by atoms with Crippen LogP contribution in [0.5, 0.6) is 11.5 Å². The Kier molecular flexibility index (Phi) is 3.65. The summed E-state index contributed by atoms with van der Waals surface area (Å²) < 4.78 is 20.4. The van der Waals surface area contributed by atoms with Gasteiger partial charge in [-0.1, -0.05) is 0 Å². The Morgan fingerprint density at radius 2 is 2.18 bits per heavy atom. The van der Waals surface area contributed by atoms with Gasteiger partial charge in [0.05, 0.1) is 18.9 Å². The molecule has 0 N–H and O–H groups in total. The van der Waals surface area contributed by atoms with E-state index in [0.29, 0.717) is 22.8 Å². The smallest absolute Gasteiger partial charge is 0.343 e. The van der Waals surface area contributed by atoms with Gasteiger partial charge < -0.3 is 18.6 Å². The Morgan fingerprint density at radius 3 is 2.91 bits per heavy atom. The Morgan fingerprint density at radius 1 is 1.32 bits per heavy atom. The zero-order chi connectivity index (χ0) is 15.5. The van der Waals surface area contributed by atoms with Crippen LogP contribution in [0.4, 0.5) is 0 Å². The van der Waals surface area contributed by atoms with Crippen LogP contribution in [0.25, 0.3) is 6.08 Å². The molecule has 0 fully saturated rings. The zero-order valence-corrected chi connectivity index (χ0v) is 11.7. The third-order valence-corrected chi connectivity index (χ3v) is 3.04. The van der Waals surface area contributed by atoms with E-state index in [1.807, 2.05) is 0 Å². The molecule has 22 heavy (non-hydrogen) atoms. The molecular weight excluding hydrogens is 288 g/mol. The van der Waals surface area contributed by atoms with E-state index in [0.717, 1.165) is 0 Å². The molecule has 0 saturated carbocycles. The van der Waals surface area contributed by atoms with E-state index in [1.165, 1.54) is 19.4 Å². The molecule has 1 aromatic carbocycles. The first-order valence-electron chi connectivity index (χ1n) is 6.49. The van der Waals surface area contributed by atoms with Crippen LogP contribution in [0, 0.1) is 0 Å². The molecule has 112 valence electrons. The minimum atomic E-state index is -0.490. The van der Waals surface area contributed by atoms with Crippen LogP contribution in [-0.2, 0) is 9.53 Å². The van der Waals surface area contributed by atoms with Crippen LogP contribution >= 0.6 is 0 Å². The number of rotatable bonds is 4. The molecule has 1 aliphatic rings. The largest absolute Gasteiger partial charge is 0.482 e. The van der Waals surface area contributed by atoms with Crippen molar-refractivity contribution in [1.29, 1.82) is 0 Å². The molecule has 0 spiro atoms. The van der Waals surface area contributed by atoms with Gasteiger partial charge in [0.15, 0.2) is 12.4 Å². The Balaban J connectivity index is 1.79. The molecule has 0 saturated heterocycles. The first kappa shape index (κ1) is 13.9. The summed E-state index contributed by atoms with van der Waals surface area (Å²) in [5.41, 5.74) is 0.434.